The highest BCUT2D eigenvalue weighted by atomic mass is 16.1. The van der Waals surface area contributed by atoms with E-state index in [4.69, 9.17) is 5.73 Å². The number of nitrogens with one attached hydrogen (secondary N) is 1. The van der Waals surface area contributed by atoms with Crippen molar-refractivity contribution in [2.24, 2.45) is 0 Å². The van der Waals surface area contributed by atoms with Crippen LogP contribution in [0.15, 0.2) is 17.1 Å². The first-order chi connectivity index (χ1) is 13.1. The van der Waals surface area contributed by atoms with Crippen LogP contribution in [0.4, 0.5) is 11.8 Å². The van der Waals surface area contributed by atoms with E-state index in [1.165, 1.54) is 0 Å². The van der Waals surface area contributed by atoms with Gasteiger partial charge in [0.2, 0.25) is 5.95 Å². The zero-order valence-corrected chi connectivity index (χ0v) is 17.0. The standard InChI is InChI=1S/C20H34N6O/c1-4-7-12-22-18-17-16(23-20(21)24-18)11-15-26(19(17)27)14-10-8-9-13-25(5-2)6-3/h11,15H,4-10,12-14H2,1-3H3,(H3,21,22,23,24). The summed E-state index contributed by atoms with van der Waals surface area (Å²) in [6.07, 6.45) is 7.16. The number of hydrogen-bond acceptors (Lipinski definition) is 6. The topological polar surface area (TPSA) is 89.1 Å². The molecule has 0 amide bonds. The lowest BCUT2D eigenvalue weighted by atomic mass is 10.2. The van der Waals surface area contributed by atoms with Crippen LogP contribution < -0.4 is 16.6 Å². The molecule has 2 aromatic rings. The van der Waals surface area contributed by atoms with Crippen LogP contribution in [0.1, 0.15) is 52.9 Å². The molecule has 3 N–H and O–H groups in total. The maximum absolute atomic E-state index is 13.0. The van der Waals surface area contributed by atoms with Gasteiger partial charge in [-0.3, -0.25) is 4.79 Å². The van der Waals surface area contributed by atoms with Gasteiger partial charge < -0.3 is 20.5 Å². The summed E-state index contributed by atoms with van der Waals surface area (Å²) < 4.78 is 1.77. The summed E-state index contributed by atoms with van der Waals surface area (Å²) in [5.74, 6) is 0.738. The lowest BCUT2D eigenvalue weighted by Crippen LogP contribution is -2.24. The second-order valence-electron chi connectivity index (χ2n) is 6.87. The van der Waals surface area contributed by atoms with Gasteiger partial charge in [-0.2, -0.15) is 4.98 Å². The van der Waals surface area contributed by atoms with E-state index >= 15 is 0 Å². The van der Waals surface area contributed by atoms with Crippen molar-refractivity contribution in [2.45, 2.75) is 59.4 Å². The Balaban J connectivity index is 2.07. The van der Waals surface area contributed by atoms with E-state index in [2.05, 4.69) is 41.0 Å². The van der Waals surface area contributed by atoms with Crippen LogP contribution >= 0.6 is 0 Å². The maximum atomic E-state index is 13.0. The summed E-state index contributed by atoms with van der Waals surface area (Å²) in [5.41, 5.74) is 6.36. The maximum Gasteiger partial charge on any atom is 0.263 e. The van der Waals surface area contributed by atoms with E-state index in [1.54, 1.807) is 4.57 Å². The monoisotopic (exact) mass is 374 g/mol. The quantitative estimate of drug-likeness (QED) is 0.555. The number of nitrogens with two attached hydrogens (primary N) is 1. The first kappa shape index (κ1) is 21.2. The van der Waals surface area contributed by atoms with Gasteiger partial charge in [0, 0.05) is 19.3 Å². The summed E-state index contributed by atoms with van der Waals surface area (Å²) >= 11 is 0. The van der Waals surface area contributed by atoms with Gasteiger partial charge in [0.15, 0.2) is 0 Å². The Morgan fingerprint density at radius 2 is 1.89 bits per heavy atom. The number of nitrogens with zero attached hydrogens (tertiary/aromatic N) is 4. The molecule has 2 rings (SSSR count). The van der Waals surface area contributed by atoms with Gasteiger partial charge in [0.05, 0.1) is 5.52 Å². The van der Waals surface area contributed by atoms with Crippen LogP contribution in [0.2, 0.25) is 0 Å². The van der Waals surface area contributed by atoms with Gasteiger partial charge in [0.25, 0.3) is 5.56 Å². The van der Waals surface area contributed by atoms with E-state index in [1.807, 2.05) is 12.3 Å². The minimum atomic E-state index is -0.0461. The summed E-state index contributed by atoms with van der Waals surface area (Å²) in [7, 11) is 0. The Bertz CT molecular complexity index is 769. The molecule has 0 atom stereocenters. The molecule has 0 bridgehead atoms. The first-order valence-electron chi connectivity index (χ1n) is 10.2. The number of anilines is 2. The number of fused-ring (bicyclic) bond motifs is 1. The van der Waals surface area contributed by atoms with Gasteiger partial charge in [-0.05, 0) is 45.0 Å². The lowest BCUT2D eigenvalue weighted by Gasteiger charge is -2.17. The fraction of sp³-hybridized carbons (Fsp3) is 0.650. The van der Waals surface area contributed by atoms with Crippen molar-refractivity contribution >= 4 is 22.7 Å². The third-order valence-corrected chi connectivity index (χ3v) is 4.93. The molecular formula is C20H34N6O. The van der Waals surface area contributed by atoms with E-state index < -0.39 is 0 Å². The number of rotatable bonds is 12. The van der Waals surface area contributed by atoms with Crippen LogP contribution in [0.5, 0.6) is 0 Å². The highest BCUT2D eigenvalue weighted by Gasteiger charge is 2.12. The number of aromatic nitrogens is 3. The van der Waals surface area contributed by atoms with E-state index in [-0.39, 0.29) is 11.5 Å². The lowest BCUT2D eigenvalue weighted by molar-refractivity contribution is 0.294. The fourth-order valence-corrected chi connectivity index (χ4v) is 3.22. The van der Waals surface area contributed by atoms with Crippen LogP contribution in [0, 0.1) is 0 Å². The van der Waals surface area contributed by atoms with E-state index in [0.29, 0.717) is 23.3 Å². The van der Waals surface area contributed by atoms with Crippen molar-refractivity contribution in [1.29, 1.82) is 0 Å². The third kappa shape index (κ3) is 5.92. The molecule has 2 heterocycles. The number of nitrogen functional groups attached to an aromatic ring is 1. The minimum absolute atomic E-state index is 0.0461. The minimum Gasteiger partial charge on any atom is -0.369 e. The average molecular weight is 375 g/mol. The van der Waals surface area contributed by atoms with Crippen LogP contribution in [0.3, 0.4) is 0 Å². The molecule has 0 radical (unpaired) electrons. The second-order valence-corrected chi connectivity index (χ2v) is 6.87. The number of hydrogen-bond donors (Lipinski definition) is 2. The van der Waals surface area contributed by atoms with Crippen molar-refractivity contribution in [3.8, 4) is 0 Å². The molecule has 0 spiro atoms. The molecule has 0 saturated heterocycles. The Morgan fingerprint density at radius 1 is 1.11 bits per heavy atom. The van der Waals surface area contributed by atoms with E-state index in [9.17, 15) is 4.79 Å². The molecule has 0 saturated carbocycles. The Morgan fingerprint density at radius 3 is 2.59 bits per heavy atom. The van der Waals surface area contributed by atoms with Crippen molar-refractivity contribution in [2.75, 3.05) is 37.2 Å². The van der Waals surface area contributed by atoms with Gasteiger partial charge >= 0.3 is 0 Å². The largest absolute Gasteiger partial charge is 0.369 e. The smallest absolute Gasteiger partial charge is 0.263 e. The predicted octanol–water partition coefficient (Wildman–Crippen LogP) is 3.10. The highest BCUT2D eigenvalue weighted by Crippen LogP contribution is 2.17. The first-order valence-corrected chi connectivity index (χ1v) is 10.2. The molecule has 0 aliphatic heterocycles. The number of unbranched alkanes of at least 4 members (excludes halogenated alkanes) is 3. The molecule has 0 aromatic carbocycles. The highest BCUT2D eigenvalue weighted by molar-refractivity contribution is 5.89. The summed E-state index contributed by atoms with van der Waals surface area (Å²) in [6, 6.07) is 1.86. The summed E-state index contributed by atoms with van der Waals surface area (Å²) in [4.78, 5) is 23.9. The van der Waals surface area contributed by atoms with Gasteiger partial charge in [-0.1, -0.05) is 33.6 Å². The van der Waals surface area contributed by atoms with Gasteiger partial charge in [0.1, 0.15) is 11.2 Å². The van der Waals surface area contributed by atoms with Crippen LogP contribution in [-0.2, 0) is 6.54 Å². The second kappa shape index (κ2) is 10.9. The van der Waals surface area contributed by atoms with Gasteiger partial charge in [-0.15, -0.1) is 0 Å². The molecule has 7 heteroatoms. The molecule has 7 nitrogen and oxygen atoms in total. The SMILES string of the molecule is CCCCNc1nc(N)nc2ccn(CCCCCN(CC)CC)c(=O)c12. The normalized spacial score (nSPS) is 11.4. The van der Waals surface area contributed by atoms with Crippen molar-refractivity contribution < 1.29 is 0 Å². The Hall–Kier alpha value is -2.15. The summed E-state index contributed by atoms with van der Waals surface area (Å²) in [6.45, 7) is 11.3. The van der Waals surface area contributed by atoms with Crippen molar-refractivity contribution in [3.63, 3.8) is 0 Å². The zero-order chi connectivity index (χ0) is 19.6. The molecule has 150 valence electrons. The predicted molar refractivity (Wildman–Crippen MR) is 113 cm³/mol. The van der Waals surface area contributed by atoms with Gasteiger partial charge in [-0.25, -0.2) is 4.98 Å². The Kier molecular flexibility index (Phi) is 8.51. The van der Waals surface area contributed by atoms with Crippen LogP contribution in [-0.4, -0.2) is 45.6 Å². The molecule has 0 unspecified atom stereocenters. The van der Waals surface area contributed by atoms with Crippen molar-refractivity contribution in [3.05, 3.63) is 22.6 Å². The fourth-order valence-electron chi connectivity index (χ4n) is 3.22. The molecule has 2 aromatic heterocycles. The molecule has 27 heavy (non-hydrogen) atoms. The van der Waals surface area contributed by atoms with E-state index in [0.717, 1.165) is 58.3 Å². The van der Waals surface area contributed by atoms with Crippen LogP contribution in [0.25, 0.3) is 10.9 Å². The molecule has 0 aliphatic carbocycles. The summed E-state index contributed by atoms with van der Waals surface area (Å²) in [5, 5.41) is 3.78. The average Bonchev–Trinajstić information content (AvgIpc) is 2.66. The molecule has 0 aliphatic rings. The number of aryl methyl sites for hydroxylation is 1. The Labute approximate surface area is 162 Å². The van der Waals surface area contributed by atoms with Crippen molar-refractivity contribution in [1.82, 2.24) is 19.4 Å². The molecular weight excluding hydrogens is 340 g/mol. The molecule has 0 fully saturated rings. The zero-order valence-electron chi connectivity index (χ0n) is 17.0. The number of pyridine rings is 1. The third-order valence-electron chi connectivity index (χ3n) is 4.93.